The van der Waals surface area contributed by atoms with Gasteiger partial charge in [0.1, 0.15) is 0 Å². The molecule has 0 aromatic heterocycles. The zero-order chi connectivity index (χ0) is 7.68. The van der Waals surface area contributed by atoms with Crippen LogP contribution in [-0.4, -0.2) is 29.6 Å². The van der Waals surface area contributed by atoms with Crippen LogP contribution < -0.4 is 5.73 Å². The molecule has 0 aliphatic carbocycles. The minimum absolute atomic E-state index is 0. The second-order valence-electron chi connectivity index (χ2n) is 2.57. The molecule has 0 atom stereocenters. The van der Waals surface area contributed by atoms with E-state index in [0.717, 1.165) is 11.1 Å². The van der Waals surface area contributed by atoms with E-state index in [9.17, 15) is 0 Å². The van der Waals surface area contributed by atoms with Crippen LogP contribution in [0.15, 0.2) is 42.5 Å². The summed E-state index contributed by atoms with van der Waals surface area (Å²) in [4.78, 5) is 0. The fraction of sp³-hybridized carbons (Fsp3) is 0. The number of hydrogen-bond acceptors (Lipinski definition) is 1. The number of rotatable bonds is 0. The third-order valence-electron chi connectivity index (χ3n) is 1.82. The van der Waals surface area contributed by atoms with Crippen molar-refractivity contribution in [3.63, 3.8) is 0 Å². The van der Waals surface area contributed by atoms with Crippen molar-refractivity contribution in [1.29, 1.82) is 0 Å². The summed E-state index contributed by atoms with van der Waals surface area (Å²) in [5.41, 5.74) is 6.61. The van der Waals surface area contributed by atoms with Crippen LogP contribution in [0.25, 0.3) is 10.8 Å². The van der Waals surface area contributed by atoms with Gasteiger partial charge < -0.3 is 5.73 Å². The minimum atomic E-state index is 0. The second kappa shape index (κ2) is 3.94. The Morgan fingerprint density at radius 2 is 1.50 bits per heavy atom. The molecule has 0 spiro atoms. The molecular formula is C10H10NNa. The van der Waals surface area contributed by atoms with Crippen LogP contribution in [0.5, 0.6) is 0 Å². The Morgan fingerprint density at radius 3 is 2.25 bits per heavy atom. The number of nitrogen functional groups attached to an aromatic ring is 1. The van der Waals surface area contributed by atoms with Crippen molar-refractivity contribution in [1.82, 2.24) is 0 Å². The van der Waals surface area contributed by atoms with Crippen molar-refractivity contribution in [2.24, 2.45) is 0 Å². The third-order valence-corrected chi connectivity index (χ3v) is 1.82. The Balaban J connectivity index is 0.000000720. The Morgan fingerprint density at radius 1 is 0.833 bits per heavy atom. The van der Waals surface area contributed by atoms with Crippen LogP contribution in [0.4, 0.5) is 5.69 Å². The first-order valence-corrected chi connectivity index (χ1v) is 3.61. The van der Waals surface area contributed by atoms with E-state index in [1.54, 1.807) is 0 Å². The summed E-state index contributed by atoms with van der Waals surface area (Å²) in [6.07, 6.45) is 0. The van der Waals surface area contributed by atoms with E-state index < -0.39 is 0 Å². The molecule has 0 heterocycles. The standard InChI is InChI=1S/C10H9N.Na.H/c11-10-7-3-5-8-4-1-2-6-9(8)10;;/h1-7H,11H2;;. The zero-order valence-electron chi connectivity index (χ0n) is 6.12. The van der Waals surface area contributed by atoms with Gasteiger partial charge in [-0.25, -0.2) is 0 Å². The van der Waals surface area contributed by atoms with Crippen LogP contribution in [-0.2, 0) is 0 Å². The number of hydrogen-bond donors (Lipinski definition) is 1. The summed E-state index contributed by atoms with van der Waals surface area (Å²) in [7, 11) is 0. The predicted octanol–water partition coefficient (Wildman–Crippen LogP) is 1.77. The van der Waals surface area contributed by atoms with Crippen molar-refractivity contribution in [2.45, 2.75) is 0 Å². The molecule has 56 valence electrons. The maximum absolute atomic E-state index is 5.76. The molecule has 2 aromatic carbocycles. The van der Waals surface area contributed by atoms with E-state index >= 15 is 0 Å². The molecule has 0 saturated carbocycles. The van der Waals surface area contributed by atoms with Gasteiger partial charge in [0, 0.05) is 11.1 Å². The van der Waals surface area contributed by atoms with E-state index in [1.807, 2.05) is 30.3 Å². The molecule has 0 aliphatic heterocycles. The molecule has 0 fully saturated rings. The quantitative estimate of drug-likeness (QED) is 0.469. The van der Waals surface area contributed by atoms with Crippen LogP contribution >= 0.6 is 0 Å². The van der Waals surface area contributed by atoms with Crippen LogP contribution in [0.2, 0.25) is 0 Å². The fourth-order valence-electron chi connectivity index (χ4n) is 1.25. The average molecular weight is 167 g/mol. The Hall–Kier alpha value is -0.500. The Labute approximate surface area is 93.9 Å². The Bertz CT molecular complexity index is 379. The van der Waals surface area contributed by atoms with Gasteiger partial charge in [-0.3, -0.25) is 0 Å². The van der Waals surface area contributed by atoms with Crippen molar-refractivity contribution < 1.29 is 0 Å². The molecule has 2 N–H and O–H groups in total. The summed E-state index contributed by atoms with van der Waals surface area (Å²) < 4.78 is 0. The van der Waals surface area contributed by atoms with Gasteiger partial charge in [0.15, 0.2) is 0 Å². The van der Waals surface area contributed by atoms with E-state index in [4.69, 9.17) is 5.73 Å². The molecule has 0 saturated heterocycles. The normalized spacial score (nSPS) is 9.33. The number of benzene rings is 2. The van der Waals surface area contributed by atoms with Gasteiger partial charge in [0.05, 0.1) is 0 Å². The van der Waals surface area contributed by atoms with E-state index in [2.05, 4.69) is 12.1 Å². The number of anilines is 1. The molecule has 1 nitrogen and oxygen atoms in total. The number of nitrogens with two attached hydrogens (primary N) is 1. The topological polar surface area (TPSA) is 26.0 Å². The molecule has 0 radical (unpaired) electrons. The monoisotopic (exact) mass is 167 g/mol. The summed E-state index contributed by atoms with van der Waals surface area (Å²) in [6, 6.07) is 14.1. The SMILES string of the molecule is Nc1cccc2ccccc12.[NaH]. The van der Waals surface area contributed by atoms with E-state index in [-0.39, 0.29) is 29.6 Å². The predicted molar refractivity (Wildman–Crippen MR) is 55.5 cm³/mol. The summed E-state index contributed by atoms with van der Waals surface area (Å²) in [5.74, 6) is 0. The first-order valence-electron chi connectivity index (χ1n) is 3.61. The van der Waals surface area contributed by atoms with Gasteiger partial charge in [-0.2, -0.15) is 0 Å². The second-order valence-corrected chi connectivity index (χ2v) is 2.57. The first kappa shape index (κ1) is 9.59. The maximum atomic E-state index is 5.76. The average Bonchev–Trinajstić information content (AvgIpc) is 2.06. The van der Waals surface area contributed by atoms with Gasteiger partial charge in [-0.1, -0.05) is 36.4 Å². The third kappa shape index (κ3) is 1.63. The van der Waals surface area contributed by atoms with E-state index in [0.29, 0.717) is 0 Å². The van der Waals surface area contributed by atoms with Gasteiger partial charge in [0.25, 0.3) is 0 Å². The molecule has 0 unspecified atom stereocenters. The van der Waals surface area contributed by atoms with Crippen molar-refractivity contribution in [3.8, 4) is 0 Å². The van der Waals surface area contributed by atoms with Crippen LogP contribution in [0.3, 0.4) is 0 Å². The van der Waals surface area contributed by atoms with Crippen molar-refractivity contribution in [3.05, 3.63) is 42.5 Å². The molecular weight excluding hydrogens is 157 g/mol. The van der Waals surface area contributed by atoms with Gasteiger partial charge in [-0.15, -0.1) is 0 Å². The summed E-state index contributed by atoms with van der Waals surface area (Å²) in [5, 5.41) is 2.34. The first-order chi connectivity index (χ1) is 5.38. The zero-order valence-corrected chi connectivity index (χ0v) is 6.12. The van der Waals surface area contributed by atoms with Crippen molar-refractivity contribution >= 4 is 46.0 Å². The summed E-state index contributed by atoms with van der Waals surface area (Å²) >= 11 is 0. The number of fused-ring (bicyclic) bond motifs is 1. The fourth-order valence-corrected chi connectivity index (χ4v) is 1.25. The molecule has 12 heavy (non-hydrogen) atoms. The van der Waals surface area contributed by atoms with Crippen LogP contribution in [0, 0.1) is 0 Å². The van der Waals surface area contributed by atoms with Crippen molar-refractivity contribution in [2.75, 3.05) is 5.73 Å². The van der Waals surface area contributed by atoms with Gasteiger partial charge in [-0.05, 0) is 11.5 Å². The van der Waals surface area contributed by atoms with Crippen LogP contribution in [0.1, 0.15) is 0 Å². The van der Waals surface area contributed by atoms with Gasteiger partial charge >= 0.3 is 29.6 Å². The molecule has 2 aromatic rings. The van der Waals surface area contributed by atoms with Gasteiger partial charge in [0.2, 0.25) is 0 Å². The molecule has 2 rings (SSSR count). The molecule has 0 amide bonds. The summed E-state index contributed by atoms with van der Waals surface area (Å²) in [6.45, 7) is 0. The molecule has 2 heteroatoms. The molecule has 0 aliphatic rings. The Kier molecular flexibility index (Phi) is 3.15. The van der Waals surface area contributed by atoms with E-state index in [1.165, 1.54) is 5.39 Å². The molecule has 0 bridgehead atoms.